The Morgan fingerprint density at radius 2 is 2.12 bits per heavy atom. The van der Waals surface area contributed by atoms with E-state index in [9.17, 15) is 4.79 Å². The number of nitrogens with zero attached hydrogens (tertiary/aromatic N) is 2. The van der Waals surface area contributed by atoms with Gasteiger partial charge >= 0.3 is 0 Å². The van der Waals surface area contributed by atoms with E-state index in [1.807, 2.05) is 24.6 Å². The molecule has 0 N–H and O–H groups in total. The summed E-state index contributed by atoms with van der Waals surface area (Å²) in [5.41, 5.74) is 2.85. The molecule has 0 bridgehead atoms. The minimum absolute atomic E-state index is 0.00738. The van der Waals surface area contributed by atoms with Gasteiger partial charge in [-0.1, -0.05) is 6.92 Å². The second kappa shape index (κ2) is 5.06. The highest BCUT2D eigenvalue weighted by Gasteiger charge is 2.17. The number of ketones is 1. The first-order valence-electron chi connectivity index (χ1n) is 5.23. The summed E-state index contributed by atoms with van der Waals surface area (Å²) in [6.07, 6.45) is 0.704. The predicted molar refractivity (Wildman–Crippen MR) is 71.6 cm³/mol. The van der Waals surface area contributed by atoms with Crippen molar-refractivity contribution in [2.24, 2.45) is 0 Å². The lowest BCUT2D eigenvalue weighted by Gasteiger charge is -2.05. The van der Waals surface area contributed by atoms with E-state index < -0.39 is 0 Å². The maximum atomic E-state index is 12.4. The summed E-state index contributed by atoms with van der Waals surface area (Å²) in [5, 5.41) is 11.8. The van der Waals surface area contributed by atoms with Gasteiger partial charge in [-0.15, -0.1) is 0 Å². The van der Waals surface area contributed by atoms with Crippen molar-refractivity contribution >= 4 is 33.0 Å². The lowest BCUT2D eigenvalue weighted by molar-refractivity contribution is 0.103. The molecule has 0 spiro atoms. The summed E-state index contributed by atoms with van der Waals surface area (Å²) < 4.78 is 0.837. The second-order valence-corrected chi connectivity index (χ2v) is 5.26. The van der Waals surface area contributed by atoms with Gasteiger partial charge in [0.05, 0.1) is 11.4 Å². The van der Waals surface area contributed by atoms with E-state index in [1.165, 1.54) is 11.3 Å². The fourth-order valence-corrected chi connectivity index (χ4v) is 3.01. The molecule has 5 heteroatoms. The third kappa shape index (κ3) is 2.45. The van der Waals surface area contributed by atoms with E-state index >= 15 is 0 Å². The highest BCUT2D eigenvalue weighted by Crippen LogP contribution is 2.25. The van der Waals surface area contributed by atoms with Crippen LogP contribution in [0.15, 0.2) is 21.3 Å². The SMILES string of the molecule is CCc1nnc(C)cc1C(=O)c1cscc1Br. The first-order chi connectivity index (χ1) is 8.13. The van der Waals surface area contributed by atoms with Gasteiger partial charge < -0.3 is 0 Å². The topological polar surface area (TPSA) is 42.9 Å². The van der Waals surface area contributed by atoms with Gasteiger partial charge in [-0.3, -0.25) is 4.79 Å². The second-order valence-electron chi connectivity index (χ2n) is 3.66. The Morgan fingerprint density at radius 1 is 1.35 bits per heavy atom. The third-order valence-corrected chi connectivity index (χ3v) is 4.13. The van der Waals surface area contributed by atoms with Crippen molar-refractivity contribution in [3.05, 3.63) is 43.8 Å². The molecule has 0 aliphatic heterocycles. The fraction of sp³-hybridized carbons (Fsp3) is 0.250. The van der Waals surface area contributed by atoms with E-state index in [0.29, 0.717) is 17.5 Å². The molecule has 3 nitrogen and oxygen atoms in total. The zero-order valence-electron chi connectivity index (χ0n) is 9.53. The number of aryl methyl sites for hydroxylation is 2. The molecule has 2 heterocycles. The van der Waals surface area contributed by atoms with Crippen molar-refractivity contribution in [1.29, 1.82) is 0 Å². The Morgan fingerprint density at radius 3 is 2.71 bits per heavy atom. The summed E-state index contributed by atoms with van der Waals surface area (Å²) in [4.78, 5) is 12.4. The normalized spacial score (nSPS) is 10.5. The van der Waals surface area contributed by atoms with Crippen LogP contribution >= 0.6 is 27.3 Å². The molecule has 2 rings (SSSR count). The molecule has 0 aromatic carbocycles. The molecular weight excluding hydrogens is 300 g/mol. The summed E-state index contributed by atoms with van der Waals surface area (Å²) in [5.74, 6) is 0.00738. The zero-order valence-corrected chi connectivity index (χ0v) is 11.9. The molecule has 0 saturated carbocycles. The monoisotopic (exact) mass is 310 g/mol. The fourth-order valence-electron chi connectivity index (χ4n) is 1.56. The van der Waals surface area contributed by atoms with Gasteiger partial charge in [0.2, 0.25) is 0 Å². The smallest absolute Gasteiger partial charge is 0.196 e. The van der Waals surface area contributed by atoms with Gasteiger partial charge in [-0.05, 0) is 35.3 Å². The molecule has 2 aromatic heterocycles. The zero-order chi connectivity index (χ0) is 12.4. The van der Waals surface area contributed by atoms with Gasteiger partial charge in [0.25, 0.3) is 0 Å². The minimum Gasteiger partial charge on any atom is -0.288 e. The van der Waals surface area contributed by atoms with E-state index in [1.54, 1.807) is 6.07 Å². The molecule has 2 aromatic rings. The summed E-state index contributed by atoms with van der Waals surface area (Å²) in [7, 11) is 0. The van der Waals surface area contributed by atoms with Crippen LogP contribution in [0.3, 0.4) is 0 Å². The molecule has 0 atom stereocenters. The maximum absolute atomic E-state index is 12.4. The van der Waals surface area contributed by atoms with Crippen LogP contribution in [-0.4, -0.2) is 16.0 Å². The van der Waals surface area contributed by atoms with Crippen molar-refractivity contribution in [1.82, 2.24) is 10.2 Å². The largest absolute Gasteiger partial charge is 0.288 e. The highest BCUT2D eigenvalue weighted by molar-refractivity contribution is 9.10. The number of carbonyl (C=O) groups is 1. The van der Waals surface area contributed by atoms with Crippen molar-refractivity contribution in [3.8, 4) is 0 Å². The van der Waals surface area contributed by atoms with E-state index in [4.69, 9.17) is 0 Å². The molecular formula is C12H11BrN2OS. The van der Waals surface area contributed by atoms with Crippen LogP contribution in [0.4, 0.5) is 0 Å². The van der Waals surface area contributed by atoms with Crippen LogP contribution in [0.25, 0.3) is 0 Å². The van der Waals surface area contributed by atoms with Gasteiger partial charge in [0, 0.05) is 26.4 Å². The van der Waals surface area contributed by atoms with Crippen LogP contribution in [0.5, 0.6) is 0 Å². The number of thiophene rings is 1. The molecule has 0 saturated heterocycles. The Kier molecular flexibility index (Phi) is 3.69. The van der Waals surface area contributed by atoms with E-state index in [-0.39, 0.29) is 5.78 Å². The minimum atomic E-state index is 0.00738. The molecule has 0 aliphatic carbocycles. The van der Waals surface area contributed by atoms with Gasteiger partial charge in [0.1, 0.15) is 0 Å². The van der Waals surface area contributed by atoms with Gasteiger partial charge in [-0.25, -0.2) is 0 Å². The molecule has 0 amide bonds. The quantitative estimate of drug-likeness (QED) is 0.816. The van der Waals surface area contributed by atoms with Crippen LogP contribution in [0, 0.1) is 6.92 Å². The Balaban J connectivity index is 2.50. The number of hydrogen-bond acceptors (Lipinski definition) is 4. The summed E-state index contributed by atoms with van der Waals surface area (Å²) in [6, 6.07) is 1.80. The summed E-state index contributed by atoms with van der Waals surface area (Å²) >= 11 is 4.89. The molecule has 0 unspecified atom stereocenters. The molecule has 17 heavy (non-hydrogen) atoms. The van der Waals surface area contributed by atoms with Crippen molar-refractivity contribution in [2.75, 3.05) is 0 Å². The van der Waals surface area contributed by atoms with Crippen molar-refractivity contribution in [3.63, 3.8) is 0 Å². The van der Waals surface area contributed by atoms with Crippen LogP contribution in [0.2, 0.25) is 0 Å². The van der Waals surface area contributed by atoms with Gasteiger partial charge in [-0.2, -0.15) is 21.5 Å². The number of carbonyl (C=O) groups excluding carboxylic acids is 1. The Bertz CT molecular complexity index is 565. The van der Waals surface area contributed by atoms with Crippen LogP contribution in [0.1, 0.15) is 34.2 Å². The molecule has 0 radical (unpaired) electrons. The predicted octanol–water partition coefficient (Wildman–Crippen LogP) is 3.40. The molecule has 88 valence electrons. The Labute approximate surface area is 112 Å². The number of aromatic nitrogens is 2. The average Bonchev–Trinajstić information content (AvgIpc) is 2.74. The lowest BCUT2D eigenvalue weighted by atomic mass is 10.0. The first kappa shape index (κ1) is 12.4. The lowest BCUT2D eigenvalue weighted by Crippen LogP contribution is -2.08. The standard InChI is InChI=1S/C12H11BrN2OS/c1-3-11-8(4-7(2)14-15-11)12(16)9-5-17-6-10(9)13/h4-6H,3H2,1-2H3. The molecule has 0 fully saturated rings. The van der Waals surface area contributed by atoms with E-state index in [0.717, 1.165) is 15.9 Å². The third-order valence-electron chi connectivity index (χ3n) is 2.43. The number of hydrogen-bond donors (Lipinski definition) is 0. The van der Waals surface area contributed by atoms with Gasteiger partial charge in [0.15, 0.2) is 5.78 Å². The number of rotatable bonds is 3. The number of halogens is 1. The first-order valence-corrected chi connectivity index (χ1v) is 6.96. The highest BCUT2D eigenvalue weighted by atomic mass is 79.9. The maximum Gasteiger partial charge on any atom is 0.196 e. The summed E-state index contributed by atoms with van der Waals surface area (Å²) in [6.45, 7) is 3.81. The van der Waals surface area contributed by atoms with Crippen LogP contribution in [-0.2, 0) is 6.42 Å². The van der Waals surface area contributed by atoms with E-state index in [2.05, 4.69) is 26.1 Å². The van der Waals surface area contributed by atoms with Crippen LogP contribution < -0.4 is 0 Å². The van der Waals surface area contributed by atoms with Crippen molar-refractivity contribution in [2.45, 2.75) is 20.3 Å². The van der Waals surface area contributed by atoms with Crippen molar-refractivity contribution < 1.29 is 4.79 Å². The Hall–Kier alpha value is -1.07. The average molecular weight is 311 g/mol. The molecule has 0 aliphatic rings.